The zero-order valence-electron chi connectivity index (χ0n) is 15.5. The number of hydrogen-bond acceptors (Lipinski definition) is 3. The molecular formula is C17H31IN4O2S. The second-order valence-corrected chi connectivity index (χ2v) is 7.85. The van der Waals surface area contributed by atoms with Gasteiger partial charge in [-0.05, 0) is 26.3 Å². The summed E-state index contributed by atoms with van der Waals surface area (Å²) in [6.45, 7) is 10.1. The minimum absolute atomic E-state index is 0. The van der Waals surface area contributed by atoms with Crippen LogP contribution >= 0.6 is 24.0 Å². The number of guanidine groups is 1. The summed E-state index contributed by atoms with van der Waals surface area (Å²) in [5.41, 5.74) is 2.52. The molecule has 25 heavy (non-hydrogen) atoms. The van der Waals surface area contributed by atoms with E-state index in [1.54, 1.807) is 6.92 Å². The molecule has 0 saturated heterocycles. The van der Waals surface area contributed by atoms with Gasteiger partial charge in [0.1, 0.15) is 0 Å². The van der Waals surface area contributed by atoms with Crippen molar-refractivity contribution in [3.8, 4) is 0 Å². The lowest BCUT2D eigenvalue weighted by Gasteiger charge is -2.14. The Labute approximate surface area is 169 Å². The fraction of sp³-hybridized carbons (Fsp3) is 0.588. The first-order chi connectivity index (χ1) is 11.4. The maximum atomic E-state index is 11.4. The second-order valence-electron chi connectivity index (χ2n) is 5.76. The van der Waals surface area contributed by atoms with Crippen molar-refractivity contribution < 1.29 is 8.42 Å². The monoisotopic (exact) mass is 482 g/mol. The highest BCUT2D eigenvalue weighted by molar-refractivity contribution is 14.0. The molecule has 0 aliphatic heterocycles. The van der Waals surface area contributed by atoms with Crippen LogP contribution in [0.2, 0.25) is 0 Å². The Balaban J connectivity index is 0.00000576. The number of nitrogens with one attached hydrogen (secondary N) is 3. The largest absolute Gasteiger partial charge is 0.357 e. The first-order valence-corrected chi connectivity index (χ1v) is 10.1. The highest BCUT2D eigenvalue weighted by atomic mass is 127. The van der Waals surface area contributed by atoms with Gasteiger partial charge in [-0.1, -0.05) is 36.8 Å². The number of hydrogen-bond donors (Lipinski definition) is 3. The van der Waals surface area contributed by atoms with Crippen molar-refractivity contribution in [2.75, 3.05) is 31.9 Å². The molecule has 1 aromatic rings. The summed E-state index contributed by atoms with van der Waals surface area (Å²) in [5.74, 6) is 1.11. The van der Waals surface area contributed by atoms with E-state index >= 15 is 0 Å². The number of aryl methyl sites for hydroxylation is 1. The zero-order valence-corrected chi connectivity index (χ0v) is 18.6. The zero-order chi connectivity index (χ0) is 18.0. The van der Waals surface area contributed by atoms with E-state index in [9.17, 15) is 8.42 Å². The Morgan fingerprint density at radius 1 is 1.20 bits per heavy atom. The van der Waals surface area contributed by atoms with Crippen LogP contribution in [0.25, 0.3) is 0 Å². The average molecular weight is 482 g/mol. The Kier molecular flexibility index (Phi) is 12.0. The van der Waals surface area contributed by atoms with Crippen LogP contribution < -0.4 is 15.4 Å². The SMILES string of the molecule is CCNC(=NCC(C)c1cccc(C)c1)NCCNS(=O)(=O)CC.I. The van der Waals surface area contributed by atoms with E-state index < -0.39 is 10.0 Å². The number of halogens is 1. The van der Waals surface area contributed by atoms with E-state index in [0.717, 1.165) is 6.54 Å². The second kappa shape index (κ2) is 12.5. The van der Waals surface area contributed by atoms with Crippen LogP contribution in [-0.4, -0.2) is 46.3 Å². The van der Waals surface area contributed by atoms with E-state index in [-0.39, 0.29) is 29.7 Å². The van der Waals surface area contributed by atoms with E-state index in [0.29, 0.717) is 31.5 Å². The van der Waals surface area contributed by atoms with Gasteiger partial charge in [0.2, 0.25) is 10.0 Å². The van der Waals surface area contributed by atoms with Gasteiger partial charge < -0.3 is 10.6 Å². The molecule has 1 aromatic carbocycles. The lowest BCUT2D eigenvalue weighted by atomic mass is 10.00. The highest BCUT2D eigenvalue weighted by Gasteiger charge is 2.07. The van der Waals surface area contributed by atoms with E-state index in [4.69, 9.17) is 0 Å². The summed E-state index contributed by atoms with van der Waals surface area (Å²) in [6.07, 6.45) is 0. The van der Waals surface area contributed by atoms with Crippen molar-refractivity contribution in [3.05, 3.63) is 35.4 Å². The minimum atomic E-state index is -3.15. The van der Waals surface area contributed by atoms with Crippen molar-refractivity contribution in [2.24, 2.45) is 4.99 Å². The van der Waals surface area contributed by atoms with Crippen molar-refractivity contribution in [1.82, 2.24) is 15.4 Å². The number of sulfonamides is 1. The third-order valence-corrected chi connectivity index (χ3v) is 5.00. The van der Waals surface area contributed by atoms with Crippen molar-refractivity contribution in [3.63, 3.8) is 0 Å². The molecule has 0 amide bonds. The number of nitrogens with zero attached hydrogens (tertiary/aromatic N) is 1. The summed E-state index contributed by atoms with van der Waals surface area (Å²) >= 11 is 0. The predicted octanol–water partition coefficient (Wildman–Crippen LogP) is 2.21. The van der Waals surface area contributed by atoms with Gasteiger partial charge in [-0.15, -0.1) is 24.0 Å². The summed E-state index contributed by atoms with van der Waals surface area (Å²) in [5, 5.41) is 6.32. The molecule has 1 atom stereocenters. The van der Waals surface area contributed by atoms with Crippen molar-refractivity contribution in [1.29, 1.82) is 0 Å². The molecule has 0 heterocycles. The van der Waals surface area contributed by atoms with Gasteiger partial charge in [0.25, 0.3) is 0 Å². The lowest BCUT2D eigenvalue weighted by molar-refractivity contribution is 0.581. The number of benzene rings is 1. The lowest BCUT2D eigenvalue weighted by Crippen LogP contribution is -2.41. The van der Waals surface area contributed by atoms with E-state index in [1.165, 1.54) is 11.1 Å². The smallest absolute Gasteiger partial charge is 0.211 e. The van der Waals surface area contributed by atoms with Crippen LogP contribution in [0.15, 0.2) is 29.3 Å². The molecule has 0 fully saturated rings. The fourth-order valence-corrected chi connectivity index (χ4v) is 2.76. The Morgan fingerprint density at radius 3 is 2.52 bits per heavy atom. The summed E-state index contributed by atoms with van der Waals surface area (Å²) in [7, 11) is -3.15. The molecule has 0 aromatic heterocycles. The fourth-order valence-electron chi connectivity index (χ4n) is 2.14. The van der Waals surface area contributed by atoms with E-state index in [1.807, 2.05) is 6.92 Å². The number of aliphatic imine (C=N–C) groups is 1. The van der Waals surface area contributed by atoms with Crippen LogP contribution in [0.4, 0.5) is 0 Å². The van der Waals surface area contributed by atoms with Gasteiger partial charge in [-0.2, -0.15) is 0 Å². The summed E-state index contributed by atoms with van der Waals surface area (Å²) in [4.78, 5) is 4.59. The van der Waals surface area contributed by atoms with E-state index in [2.05, 4.69) is 58.5 Å². The normalized spacial score (nSPS) is 13.0. The van der Waals surface area contributed by atoms with Crippen LogP contribution in [0, 0.1) is 6.92 Å². The quantitative estimate of drug-likeness (QED) is 0.218. The van der Waals surface area contributed by atoms with Gasteiger partial charge in [0.05, 0.1) is 5.75 Å². The Morgan fingerprint density at radius 2 is 1.92 bits per heavy atom. The van der Waals surface area contributed by atoms with Crippen molar-refractivity contribution >= 4 is 40.0 Å². The molecule has 6 nitrogen and oxygen atoms in total. The molecule has 144 valence electrons. The molecule has 0 aliphatic rings. The molecule has 8 heteroatoms. The third kappa shape index (κ3) is 10.0. The van der Waals surface area contributed by atoms with Crippen molar-refractivity contribution in [2.45, 2.75) is 33.6 Å². The number of rotatable bonds is 9. The Hall–Kier alpha value is -0.870. The molecule has 1 rings (SSSR count). The minimum Gasteiger partial charge on any atom is -0.357 e. The van der Waals surface area contributed by atoms with Crippen LogP contribution in [-0.2, 0) is 10.0 Å². The molecule has 0 radical (unpaired) electrons. The standard InChI is InChI=1S/C17H30N4O2S.HI/c1-5-18-17(19-10-11-21-24(22,23)6-2)20-13-15(4)16-9-7-8-14(3)12-16;/h7-9,12,15,21H,5-6,10-11,13H2,1-4H3,(H2,18,19,20);1H. The molecule has 1 unspecified atom stereocenters. The first kappa shape index (κ1) is 24.1. The Bertz CT molecular complexity index is 635. The van der Waals surface area contributed by atoms with Gasteiger partial charge >= 0.3 is 0 Å². The molecule has 0 aliphatic carbocycles. The highest BCUT2D eigenvalue weighted by Crippen LogP contribution is 2.16. The third-order valence-electron chi connectivity index (χ3n) is 3.60. The molecular weight excluding hydrogens is 451 g/mol. The summed E-state index contributed by atoms with van der Waals surface area (Å²) in [6, 6.07) is 8.45. The molecule has 0 spiro atoms. The maximum Gasteiger partial charge on any atom is 0.211 e. The summed E-state index contributed by atoms with van der Waals surface area (Å²) < 4.78 is 25.3. The molecule has 0 bridgehead atoms. The van der Waals surface area contributed by atoms with Crippen LogP contribution in [0.5, 0.6) is 0 Å². The maximum absolute atomic E-state index is 11.4. The topological polar surface area (TPSA) is 82.6 Å². The van der Waals surface area contributed by atoms with Crippen LogP contribution in [0.1, 0.15) is 37.8 Å². The van der Waals surface area contributed by atoms with Gasteiger partial charge in [0, 0.05) is 32.1 Å². The van der Waals surface area contributed by atoms with Gasteiger partial charge in [0.15, 0.2) is 5.96 Å². The molecule has 3 N–H and O–H groups in total. The van der Waals surface area contributed by atoms with Crippen LogP contribution in [0.3, 0.4) is 0 Å². The average Bonchev–Trinajstić information content (AvgIpc) is 2.56. The van der Waals surface area contributed by atoms with Gasteiger partial charge in [-0.3, -0.25) is 4.99 Å². The van der Waals surface area contributed by atoms with Gasteiger partial charge in [-0.25, -0.2) is 13.1 Å². The first-order valence-electron chi connectivity index (χ1n) is 8.44. The predicted molar refractivity (Wildman–Crippen MR) is 116 cm³/mol. The molecule has 0 saturated carbocycles.